The molecule has 7 heteroatoms. The first-order chi connectivity index (χ1) is 16.0. The summed E-state index contributed by atoms with van der Waals surface area (Å²) in [6, 6.07) is 15.8. The molecule has 1 aromatic heterocycles. The Hall–Kier alpha value is -2.64. The third-order valence-corrected chi connectivity index (χ3v) is 6.63. The lowest BCUT2D eigenvalue weighted by molar-refractivity contribution is 0.0671. The fourth-order valence-electron chi connectivity index (χ4n) is 4.08. The van der Waals surface area contributed by atoms with Crippen molar-refractivity contribution in [2.45, 2.75) is 39.8 Å². The van der Waals surface area contributed by atoms with E-state index in [0.717, 1.165) is 52.3 Å². The predicted octanol–water partition coefficient (Wildman–Crippen LogP) is 5.69. The molecule has 0 radical (unpaired) electrons. The Kier molecular flexibility index (Phi) is 7.50. The summed E-state index contributed by atoms with van der Waals surface area (Å²) in [5.41, 5.74) is 4.53. The van der Waals surface area contributed by atoms with Crippen molar-refractivity contribution >= 4 is 27.7 Å². The van der Waals surface area contributed by atoms with Crippen LogP contribution in [0.25, 0.3) is 11.3 Å². The second kappa shape index (κ2) is 10.5. The van der Waals surface area contributed by atoms with Crippen LogP contribution in [0, 0.1) is 6.92 Å². The summed E-state index contributed by atoms with van der Waals surface area (Å²) < 4.78 is 12.3. The van der Waals surface area contributed by atoms with Crippen LogP contribution in [0.1, 0.15) is 41.8 Å². The number of ether oxygens (including phenoxy) is 1. The van der Waals surface area contributed by atoms with Crippen molar-refractivity contribution in [2.75, 3.05) is 31.2 Å². The van der Waals surface area contributed by atoms with Gasteiger partial charge >= 0.3 is 0 Å². The average molecular weight is 512 g/mol. The van der Waals surface area contributed by atoms with E-state index in [1.54, 1.807) is 0 Å². The number of benzene rings is 2. The number of halogens is 1. The first-order valence-electron chi connectivity index (χ1n) is 11.4. The maximum absolute atomic E-state index is 13.6. The Labute approximate surface area is 203 Å². The highest BCUT2D eigenvalue weighted by molar-refractivity contribution is 9.10. The van der Waals surface area contributed by atoms with Crippen molar-refractivity contribution in [3.05, 3.63) is 69.7 Å². The lowest BCUT2D eigenvalue weighted by Gasteiger charge is -2.31. The number of rotatable bonds is 7. The Balaban J connectivity index is 1.76. The van der Waals surface area contributed by atoms with Crippen LogP contribution in [-0.2, 0) is 11.3 Å². The van der Waals surface area contributed by atoms with E-state index >= 15 is 0 Å². The molecule has 4 rings (SSSR count). The lowest BCUT2D eigenvalue weighted by Crippen LogP contribution is -2.39. The van der Waals surface area contributed by atoms with Crippen molar-refractivity contribution in [3.63, 3.8) is 0 Å². The number of carbonyl (C=O) groups is 1. The van der Waals surface area contributed by atoms with Crippen molar-refractivity contribution in [1.82, 2.24) is 10.1 Å². The second-order valence-electron chi connectivity index (χ2n) is 8.48. The van der Waals surface area contributed by atoms with Gasteiger partial charge in [-0.05, 0) is 44.5 Å². The number of aryl methyl sites for hydroxylation is 1. The molecule has 1 amide bonds. The fourth-order valence-corrected chi connectivity index (χ4v) is 4.48. The van der Waals surface area contributed by atoms with Crippen LogP contribution >= 0.6 is 15.9 Å². The molecular formula is C26H30BrN3O3. The summed E-state index contributed by atoms with van der Waals surface area (Å²) in [5, 5.41) is 4.48. The van der Waals surface area contributed by atoms with E-state index in [-0.39, 0.29) is 11.9 Å². The maximum Gasteiger partial charge on any atom is 0.254 e. The van der Waals surface area contributed by atoms with Crippen LogP contribution in [0.5, 0.6) is 0 Å². The molecule has 33 heavy (non-hydrogen) atoms. The largest absolute Gasteiger partial charge is 0.378 e. The normalized spacial score (nSPS) is 14.8. The number of amides is 1. The highest BCUT2D eigenvalue weighted by Crippen LogP contribution is 2.34. The van der Waals surface area contributed by atoms with Crippen molar-refractivity contribution in [1.29, 1.82) is 0 Å². The highest BCUT2D eigenvalue weighted by atomic mass is 79.9. The van der Waals surface area contributed by atoms with Crippen molar-refractivity contribution in [2.24, 2.45) is 0 Å². The highest BCUT2D eigenvalue weighted by Gasteiger charge is 2.29. The number of morpholine rings is 1. The molecule has 0 saturated carbocycles. The van der Waals surface area contributed by atoms with Crippen LogP contribution in [0.2, 0.25) is 0 Å². The summed E-state index contributed by atoms with van der Waals surface area (Å²) in [4.78, 5) is 17.7. The van der Waals surface area contributed by atoms with Crippen LogP contribution in [0.4, 0.5) is 5.88 Å². The van der Waals surface area contributed by atoms with E-state index in [1.165, 1.54) is 0 Å². The number of carbonyl (C=O) groups excluding carboxylic acids is 1. The second-order valence-corrected chi connectivity index (χ2v) is 9.40. The Bertz CT molecular complexity index is 1110. The van der Waals surface area contributed by atoms with Gasteiger partial charge in [0.15, 0.2) is 0 Å². The number of hydrogen-bond acceptors (Lipinski definition) is 5. The van der Waals surface area contributed by atoms with E-state index in [0.29, 0.717) is 25.3 Å². The smallest absolute Gasteiger partial charge is 0.254 e. The van der Waals surface area contributed by atoms with E-state index in [2.05, 4.69) is 58.9 Å². The summed E-state index contributed by atoms with van der Waals surface area (Å²) in [7, 11) is 0. The molecule has 6 nitrogen and oxygen atoms in total. The zero-order valence-corrected chi connectivity index (χ0v) is 21.0. The molecule has 1 saturated heterocycles. The standard InChI is InChI=1S/C26H30BrN3O3/c1-4-19(3)30(25(31)21-9-6-10-22(27)16-21)17-23-24(20-8-5-7-18(2)15-20)28-33-26(23)29-11-13-32-14-12-29/h5-10,15-16,19H,4,11-14,17H2,1-3H3/t19-/m0/s1. The molecule has 1 aliphatic rings. The van der Waals surface area contributed by atoms with Gasteiger partial charge in [0.05, 0.1) is 25.3 Å². The van der Waals surface area contributed by atoms with Crippen molar-refractivity contribution < 1.29 is 14.1 Å². The number of nitrogens with zero attached hydrogens (tertiary/aromatic N) is 3. The SMILES string of the molecule is CC[C@H](C)N(Cc1c(-c2cccc(C)c2)noc1N1CCOCC1)C(=O)c1cccc(Br)c1. The van der Waals surface area contributed by atoms with Gasteiger partial charge in [-0.25, -0.2) is 0 Å². The molecule has 0 aliphatic carbocycles. The Morgan fingerprint density at radius 2 is 1.94 bits per heavy atom. The van der Waals surface area contributed by atoms with Gasteiger partial charge in [0.25, 0.3) is 5.91 Å². The zero-order chi connectivity index (χ0) is 23.4. The quantitative estimate of drug-likeness (QED) is 0.407. The van der Waals surface area contributed by atoms with E-state index in [4.69, 9.17) is 9.26 Å². The molecule has 2 aromatic carbocycles. The van der Waals surface area contributed by atoms with Crippen LogP contribution in [0.15, 0.2) is 57.5 Å². The molecule has 0 bridgehead atoms. The Morgan fingerprint density at radius 1 is 1.18 bits per heavy atom. The fraction of sp³-hybridized carbons (Fsp3) is 0.385. The first kappa shape index (κ1) is 23.5. The molecular weight excluding hydrogens is 482 g/mol. The van der Waals surface area contributed by atoms with Crippen LogP contribution < -0.4 is 4.90 Å². The number of aromatic nitrogens is 1. The summed E-state index contributed by atoms with van der Waals surface area (Å²) in [5.74, 6) is 0.722. The van der Waals surface area contributed by atoms with Crippen LogP contribution in [0.3, 0.4) is 0 Å². The van der Waals surface area contributed by atoms with E-state index in [9.17, 15) is 4.79 Å². The molecule has 2 heterocycles. The minimum Gasteiger partial charge on any atom is -0.378 e. The molecule has 0 spiro atoms. The molecule has 1 aliphatic heterocycles. The van der Waals surface area contributed by atoms with Gasteiger partial charge < -0.3 is 19.1 Å². The molecule has 0 unspecified atom stereocenters. The molecule has 1 fully saturated rings. The van der Waals surface area contributed by atoms with Crippen LogP contribution in [-0.4, -0.2) is 48.3 Å². The van der Waals surface area contributed by atoms with E-state index in [1.807, 2.05) is 41.3 Å². The van der Waals surface area contributed by atoms with Gasteiger partial charge in [-0.1, -0.05) is 57.8 Å². The molecule has 3 aromatic rings. The Morgan fingerprint density at radius 3 is 2.64 bits per heavy atom. The molecule has 1 atom stereocenters. The van der Waals surface area contributed by atoms with Gasteiger partial charge in [-0.15, -0.1) is 0 Å². The molecule has 174 valence electrons. The lowest BCUT2D eigenvalue weighted by atomic mass is 10.0. The zero-order valence-electron chi connectivity index (χ0n) is 19.4. The van der Waals surface area contributed by atoms with Gasteiger partial charge in [0, 0.05) is 34.7 Å². The summed E-state index contributed by atoms with van der Waals surface area (Å²) in [6.07, 6.45) is 0.845. The van der Waals surface area contributed by atoms with Gasteiger partial charge in [-0.2, -0.15) is 0 Å². The van der Waals surface area contributed by atoms with Gasteiger partial charge in [0.1, 0.15) is 5.69 Å². The molecule has 0 N–H and O–H groups in total. The summed E-state index contributed by atoms with van der Waals surface area (Å²) >= 11 is 3.49. The van der Waals surface area contributed by atoms with Gasteiger partial charge in [-0.3, -0.25) is 4.79 Å². The first-order valence-corrected chi connectivity index (χ1v) is 12.2. The number of hydrogen-bond donors (Lipinski definition) is 0. The number of anilines is 1. The maximum atomic E-state index is 13.6. The predicted molar refractivity (Wildman–Crippen MR) is 133 cm³/mol. The third-order valence-electron chi connectivity index (χ3n) is 6.14. The van der Waals surface area contributed by atoms with E-state index < -0.39 is 0 Å². The minimum atomic E-state index is -0.00466. The summed E-state index contributed by atoms with van der Waals surface area (Å²) in [6.45, 7) is 9.43. The third kappa shape index (κ3) is 5.31. The van der Waals surface area contributed by atoms with Crippen molar-refractivity contribution in [3.8, 4) is 11.3 Å². The monoisotopic (exact) mass is 511 g/mol. The topological polar surface area (TPSA) is 58.8 Å². The average Bonchev–Trinajstić information content (AvgIpc) is 3.26. The van der Waals surface area contributed by atoms with Gasteiger partial charge in [0.2, 0.25) is 5.88 Å². The minimum absolute atomic E-state index is 0.00466.